The number of nitrogens with zero attached hydrogens (tertiary/aromatic N) is 1. The summed E-state index contributed by atoms with van der Waals surface area (Å²) in [7, 11) is 0. The first-order valence-corrected chi connectivity index (χ1v) is 6.99. The molecule has 1 aromatic heterocycles. The Kier molecular flexibility index (Phi) is 2.81. The predicted octanol–water partition coefficient (Wildman–Crippen LogP) is 1.68. The van der Waals surface area contributed by atoms with E-state index in [1.165, 1.54) is 22.6 Å². The van der Waals surface area contributed by atoms with Crippen LogP contribution in [0.4, 0.5) is 5.13 Å². The molecule has 1 aromatic rings. The summed E-state index contributed by atoms with van der Waals surface area (Å²) in [6.07, 6.45) is 4.83. The Morgan fingerprint density at radius 1 is 1.28 bits per heavy atom. The summed E-state index contributed by atoms with van der Waals surface area (Å²) >= 11 is 1.53. The largest absolute Gasteiger partial charge is 0.481 e. The van der Waals surface area contributed by atoms with Crippen molar-refractivity contribution in [3.8, 4) is 0 Å². The van der Waals surface area contributed by atoms with Crippen LogP contribution in [-0.2, 0) is 22.4 Å². The van der Waals surface area contributed by atoms with Gasteiger partial charge in [0.25, 0.3) is 0 Å². The standard InChI is InChI=1S/C12H14N2O3S/c15-10(6-5-7(6)11(16)17)14-12-13-8-3-1-2-4-9(8)18-12/h6-7H,1-5H2,(H,16,17)(H,13,14,15)/t6-,7+/m1/s1. The number of carbonyl (C=O) groups is 2. The minimum Gasteiger partial charge on any atom is -0.481 e. The minimum absolute atomic E-state index is 0.200. The fourth-order valence-electron chi connectivity index (χ4n) is 2.36. The third-order valence-electron chi connectivity index (χ3n) is 3.52. The van der Waals surface area contributed by atoms with Crippen LogP contribution in [0.15, 0.2) is 0 Å². The molecule has 1 heterocycles. The number of fused-ring (bicyclic) bond motifs is 1. The molecule has 0 aliphatic heterocycles. The zero-order chi connectivity index (χ0) is 12.7. The lowest BCUT2D eigenvalue weighted by Crippen LogP contribution is -2.16. The van der Waals surface area contributed by atoms with Crippen LogP contribution in [0.2, 0.25) is 0 Å². The van der Waals surface area contributed by atoms with Crippen LogP contribution in [0, 0.1) is 11.8 Å². The van der Waals surface area contributed by atoms with Gasteiger partial charge in [0.05, 0.1) is 17.5 Å². The number of carbonyl (C=O) groups excluding carboxylic acids is 1. The lowest BCUT2D eigenvalue weighted by molar-refractivity contribution is -0.139. The summed E-state index contributed by atoms with van der Waals surface area (Å²) in [4.78, 5) is 28.2. The van der Waals surface area contributed by atoms with Crippen molar-refractivity contribution in [2.24, 2.45) is 11.8 Å². The minimum atomic E-state index is -0.881. The van der Waals surface area contributed by atoms with E-state index in [1.54, 1.807) is 0 Å². The Balaban J connectivity index is 1.65. The summed E-state index contributed by atoms with van der Waals surface area (Å²) in [5.41, 5.74) is 1.10. The molecule has 1 saturated carbocycles. The molecule has 0 bridgehead atoms. The highest BCUT2D eigenvalue weighted by Gasteiger charge is 2.48. The zero-order valence-electron chi connectivity index (χ0n) is 9.81. The molecule has 18 heavy (non-hydrogen) atoms. The van der Waals surface area contributed by atoms with E-state index in [2.05, 4.69) is 10.3 Å². The second kappa shape index (κ2) is 4.35. The van der Waals surface area contributed by atoms with E-state index in [0.717, 1.165) is 25.0 Å². The van der Waals surface area contributed by atoms with Gasteiger partial charge in [-0.15, -0.1) is 11.3 Å². The van der Waals surface area contributed by atoms with Crippen molar-refractivity contribution in [3.63, 3.8) is 0 Å². The molecule has 1 amide bonds. The molecule has 2 N–H and O–H groups in total. The van der Waals surface area contributed by atoms with Gasteiger partial charge in [-0.2, -0.15) is 0 Å². The molecule has 0 saturated heterocycles. The second-order valence-electron chi connectivity index (χ2n) is 4.87. The monoisotopic (exact) mass is 266 g/mol. The molecule has 2 aliphatic carbocycles. The van der Waals surface area contributed by atoms with Gasteiger partial charge in [-0.05, 0) is 32.1 Å². The van der Waals surface area contributed by atoms with Crippen molar-refractivity contribution in [2.45, 2.75) is 32.1 Å². The normalized spacial score (nSPS) is 25.3. The molecule has 0 unspecified atom stereocenters. The average Bonchev–Trinajstić information content (AvgIpc) is 3.04. The number of rotatable bonds is 3. The van der Waals surface area contributed by atoms with Gasteiger partial charge in [0.2, 0.25) is 5.91 Å². The highest BCUT2D eigenvalue weighted by Crippen LogP contribution is 2.40. The van der Waals surface area contributed by atoms with E-state index in [1.807, 2.05) is 0 Å². The van der Waals surface area contributed by atoms with E-state index in [4.69, 9.17) is 5.11 Å². The third kappa shape index (κ3) is 2.12. The first-order chi connectivity index (χ1) is 8.65. The van der Waals surface area contributed by atoms with Gasteiger partial charge in [0.15, 0.2) is 5.13 Å². The summed E-state index contributed by atoms with van der Waals surface area (Å²) in [5, 5.41) is 12.2. The molecule has 96 valence electrons. The average molecular weight is 266 g/mol. The Bertz CT molecular complexity index is 488. The second-order valence-corrected chi connectivity index (χ2v) is 5.96. The summed E-state index contributed by atoms with van der Waals surface area (Å²) < 4.78 is 0. The number of aryl methyl sites for hydroxylation is 2. The van der Waals surface area contributed by atoms with Crippen molar-refractivity contribution >= 4 is 28.3 Å². The fraction of sp³-hybridized carbons (Fsp3) is 0.583. The molecule has 1 fully saturated rings. The number of hydrogen-bond acceptors (Lipinski definition) is 4. The molecular weight excluding hydrogens is 252 g/mol. The smallest absolute Gasteiger partial charge is 0.307 e. The first-order valence-electron chi connectivity index (χ1n) is 6.17. The van der Waals surface area contributed by atoms with E-state index < -0.39 is 11.9 Å². The number of aliphatic carboxylic acids is 1. The van der Waals surface area contributed by atoms with Gasteiger partial charge >= 0.3 is 5.97 Å². The lowest BCUT2D eigenvalue weighted by atomic mass is 10.0. The molecule has 5 nitrogen and oxygen atoms in total. The van der Waals surface area contributed by atoms with E-state index in [-0.39, 0.29) is 11.8 Å². The van der Waals surface area contributed by atoms with Crippen LogP contribution in [0.5, 0.6) is 0 Å². The number of aromatic nitrogens is 1. The van der Waals surface area contributed by atoms with Crippen molar-refractivity contribution < 1.29 is 14.7 Å². The Labute approximate surface area is 108 Å². The molecule has 6 heteroatoms. The highest BCUT2D eigenvalue weighted by atomic mass is 32.1. The number of nitrogens with one attached hydrogen (secondary N) is 1. The van der Waals surface area contributed by atoms with Crippen LogP contribution in [0.3, 0.4) is 0 Å². The SMILES string of the molecule is O=C(O)[C@H]1C[C@H]1C(=O)Nc1nc2c(s1)CCCC2. The number of amides is 1. The van der Waals surface area contributed by atoms with Crippen LogP contribution in [-0.4, -0.2) is 22.0 Å². The summed E-state index contributed by atoms with van der Waals surface area (Å²) in [6.45, 7) is 0. The third-order valence-corrected chi connectivity index (χ3v) is 4.59. The molecule has 2 aliphatic rings. The quantitative estimate of drug-likeness (QED) is 0.872. The highest BCUT2D eigenvalue weighted by molar-refractivity contribution is 7.15. The van der Waals surface area contributed by atoms with Gasteiger partial charge in [-0.3, -0.25) is 9.59 Å². The van der Waals surface area contributed by atoms with Crippen molar-refractivity contribution in [1.82, 2.24) is 4.98 Å². The number of thiazole rings is 1. The predicted molar refractivity (Wildman–Crippen MR) is 66.6 cm³/mol. The molecule has 3 rings (SSSR count). The van der Waals surface area contributed by atoms with Crippen LogP contribution < -0.4 is 5.32 Å². The van der Waals surface area contributed by atoms with Gasteiger partial charge in [0.1, 0.15) is 0 Å². The molecule has 0 radical (unpaired) electrons. The van der Waals surface area contributed by atoms with Crippen LogP contribution in [0.25, 0.3) is 0 Å². The zero-order valence-corrected chi connectivity index (χ0v) is 10.6. The number of hydrogen-bond donors (Lipinski definition) is 2. The van der Waals surface area contributed by atoms with E-state index >= 15 is 0 Å². The first kappa shape index (κ1) is 11.6. The van der Waals surface area contributed by atoms with E-state index in [0.29, 0.717) is 11.6 Å². The van der Waals surface area contributed by atoms with Gasteiger partial charge in [0, 0.05) is 4.88 Å². The van der Waals surface area contributed by atoms with E-state index in [9.17, 15) is 9.59 Å². The number of carboxylic acid groups (broad SMARTS) is 1. The lowest BCUT2D eigenvalue weighted by Gasteiger charge is -2.06. The maximum absolute atomic E-state index is 11.8. The van der Waals surface area contributed by atoms with Gasteiger partial charge < -0.3 is 10.4 Å². The molecular formula is C12H14N2O3S. The molecule has 2 atom stereocenters. The van der Waals surface area contributed by atoms with Crippen LogP contribution in [0.1, 0.15) is 29.8 Å². The Morgan fingerprint density at radius 2 is 2.06 bits per heavy atom. The van der Waals surface area contributed by atoms with Gasteiger partial charge in [-0.1, -0.05) is 0 Å². The summed E-state index contributed by atoms with van der Waals surface area (Å²) in [5.74, 6) is -1.95. The Morgan fingerprint density at radius 3 is 2.72 bits per heavy atom. The fourth-order valence-corrected chi connectivity index (χ4v) is 3.41. The summed E-state index contributed by atoms with van der Waals surface area (Å²) in [6, 6.07) is 0. The van der Waals surface area contributed by atoms with Crippen molar-refractivity contribution in [1.29, 1.82) is 0 Å². The number of carboxylic acids is 1. The van der Waals surface area contributed by atoms with Crippen molar-refractivity contribution in [2.75, 3.05) is 5.32 Å². The maximum Gasteiger partial charge on any atom is 0.307 e. The molecule has 0 spiro atoms. The molecule has 0 aromatic carbocycles. The van der Waals surface area contributed by atoms with Crippen LogP contribution >= 0.6 is 11.3 Å². The Hall–Kier alpha value is -1.43. The van der Waals surface area contributed by atoms with Crippen molar-refractivity contribution in [3.05, 3.63) is 10.6 Å². The maximum atomic E-state index is 11.8. The number of anilines is 1. The topological polar surface area (TPSA) is 79.3 Å². The van der Waals surface area contributed by atoms with Gasteiger partial charge in [-0.25, -0.2) is 4.98 Å².